The largest absolute Gasteiger partial charge is 0.490 e. The number of rotatable bonds is 11. The molecule has 206 valence electrons. The standard InChI is InChI=1S/C26H21BrN4O8S/c1-2-37-23-14-17(13-21(27)26(23)39-40(35,36)20-10-8-19(9-11-20)31(33)34)15-29-30-24(32)16-38-22-7-3-5-18-6-4-12-28-25(18)22/h3-15H,2,16H2,1H3,(H,30,32)/b29-15-. The molecule has 0 aliphatic heterocycles. The van der Waals surface area contributed by atoms with E-state index in [0.29, 0.717) is 16.8 Å². The molecule has 0 atom stereocenters. The Bertz CT molecular complexity index is 1690. The average Bonchev–Trinajstić information content (AvgIpc) is 2.94. The third-order valence-electron chi connectivity index (χ3n) is 5.22. The van der Waals surface area contributed by atoms with Gasteiger partial charge >= 0.3 is 10.1 Å². The first-order chi connectivity index (χ1) is 19.2. The highest BCUT2D eigenvalue weighted by atomic mass is 79.9. The molecule has 0 saturated carbocycles. The number of para-hydroxylation sites is 1. The molecule has 40 heavy (non-hydrogen) atoms. The van der Waals surface area contributed by atoms with E-state index in [4.69, 9.17) is 13.7 Å². The van der Waals surface area contributed by atoms with Crippen molar-refractivity contribution in [2.24, 2.45) is 5.10 Å². The van der Waals surface area contributed by atoms with Crippen LogP contribution in [0.5, 0.6) is 17.2 Å². The van der Waals surface area contributed by atoms with Gasteiger partial charge in [0.15, 0.2) is 18.1 Å². The van der Waals surface area contributed by atoms with E-state index in [1.54, 1.807) is 31.3 Å². The van der Waals surface area contributed by atoms with Crippen LogP contribution in [0.3, 0.4) is 0 Å². The number of nitro benzene ring substituents is 1. The zero-order chi connectivity index (χ0) is 28.7. The first-order valence-corrected chi connectivity index (χ1v) is 13.8. The first-order valence-electron chi connectivity index (χ1n) is 11.6. The van der Waals surface area contributed by atoms with Crippen LogP contribution in [0.25, 0.3) is 10.9 Å². The number of aromatic nitrogens is 1. The second-order valence-electron chi connectivity index (χ2n) is 7.96. The van der Waals surface area contributed by atoms with Crippen LogP contribution < -0.4 is 19.1 Å². The van der Waals surface area contributed by atoms with Gasteiger partial charge in [-0.15, -0.1) is 0 Å². The number of fused-ring (bicyclic) bond motifs is 1. The first kappa shape index (κ1) is 28.4. The fourth-order valence-electron chi connectivity index (χ4n) is 3.45. The maximum absolute atomic E-state index is 12.8. The highest BCUT2D eigenvalue weighted by Gasteiger charge is 2.23. The molecule has 1 aromatic heterocycles. The van der Waals surface area contributed by atoms with Crippen LogP contribution in [0.4, 0.5) is 5.69 Å². The number of pyridine rings is 1. The highest BCUT2D eigenvalue weighted by molar-refractivity contribution is 9.10. The lowest BCUT2D eigenvalue weighted by atomic mass is 10.2. The minimum atomic E-state index is -4.34. The number of nitrogens with one attached hydrogen (secondary N) is 1. The number of nitrogens with zero attached hydrogens (tertiary/aromatic N) is 3. The van der Waals surface area contributed by atoms with Gasteiger partial charge in [0.25, 0.3) is 11.6 Å². The third kappa shape index (κ3) is 6.90. The van der Waals surface area contributed by atoms with Gasteiger partial charge in [-0.1, -0.05) is 18.2 Å². The minimum absolute atomic E-state index is 0.0851. The number of benzene rings is 3. The van der Waals surface area contributed by atoms with Gasteiger partial charge in [0.05, 0.1) is 22.2 Å². The van der Waals surface area contributed by atoms with E-state index in [0.717, 1.165) is 29.7 Å². The Morgan fingerprint density at radius 3 is 2.58 bits per heavy atom. The summed E-state index contributed by atoms with van der Waals surface area (Å²) in [6.45, 7) is 1.60. The molecule has 1 N–H and O–H groups in total. The summed E-state index contributed by atoms with van der Waals surface area (Å²) in [4.78, 5) is 26.5. The van der Waals surface area contributed by atoms with Gasteiger partial charge in [-0.2, -0.15) is 13.5 Å². The van der Waals surface area contributed by atoms with E-state index in [1.807, 2.05) is 12.1 Å². The molecule has 0 aliphatic rings. The molecule has 0 aliphatic carbocycles. The molecule has 1 amide bonds. The van der Waals surface area contributed by atoms with Crippen LogP contribution >= 0.6 is 15.9 Å². The van der Waals surface area contributed by atoms with Crippen LogP contribution in [0, 0.1) is 10.1 Å². The van der Waals surface area contributed by atoms with Crippen LogP contribution in [0.2, 0.25) is 0 Å². The Kier molecular flexibility index (Phi) is 8.91. The van der Waals surface area contributed by atoms with Crippen molar-refractivity contribution in [3.8, 4) is 17.2 Å². The number of nitro groups is 1. The molecule has 12 nitrogen and oxygen atoms in total. The quantitative estimate of drug-likeness (QED) is 0.108. The van der Waals surface area contributed by atoms with E-state index in [1.165, 1.54) is 18.3 Å². The Balaban J connectivity index is 1.44. The fraction of sp³-hybridized carbons (Fsp3) is 0.115. The molecule has 0 radical (unpaired) electrons. The fourth-order valence-corrected chi connectivity index (χ4v) is 5.05. The lowest BCUT2D eigenvalue weighted by Crippen LogP contribution is -2.24. The van der Waals surface area contributed by atoms with Crippen molar-refractivity contribution in [2.75, 3.05) is 13.2 Å². The molecule has 14 heteroatoms. The van der Waals surface area contributed by atoms with Crippen LogP contribution in [-0.2, 0) is 14.9 Å². The van der Waals surface area contributed by atoms with Gasteiger partial charge in [0.2, 0.25) is 0 Å². The van der Waals surface area contributed by atoms with E-state index in [9.17, 15) is 23.3 Å². The highest BCUT2D eigenvalue weighted by Crippen LogP contribution is 2.38. The molecule has 0 saturated heterocycles. The molecule has 0 fully saturated rings. The van der Waals surface area contributed by atoms with Crippen molar-refractivity contribution in [3.63, 3.8) is 0 Å². The summed E-state index contributed by atoms with van der Waals surface area (Å²) < 4.78 is 42.3. The molecule has 4 rings (SSSR count). The zero-order valence-electron chi connectivity index (χ0n) is 20.8. The lowest BCUT2D eigenvalue weighted by Gasteiger charge is -2.14. The molecular weight excluding hydrogens is 608 g/mol. The summed E-state index contributed by atoms with van der Waals surface area (Å²) in [5.41, 5.74) is 3.19. The molecule has 0 unspecified atom stereocenters. The Labute approximate surface area is 237 Å². The molecule has 0 spiro atoms. The molecule has 0 bridgehead atoms. The SMILES string of the molecule is CCOc1cc(/C=N\NC(=O)COc2cccc3cccnc23)cc(Br)c1OS(=O)(=O)c1ccc([N+](=O)[O-])cc1. The van der Waals surface area contributed by atoms with Crippen molar-refractivity contribution in [3.05, 3.63) is 93.1 Å². The second kappa shape index (κ2) is 12.5. The maximum Gasteiger partial charge on any atom is 0.339 e. The van der Waals surface area contributed by atoms with Gasteiger partial charge in [-0.05, 0) is 64.8 Å². The average molecular weight is 629 g/mol. The number of hydrazone groups is 1. The predicted octanol–water partition coefficient (Wildman–Crippen LogP) is 4.60. The summed E-state index contributed by atoms with van der Waals surface area (Å²) in [5.74, 6) is -0.0929. The number of amides is 1. The van der Waals surface area contributed by atoms with Crippen molar-refractivity contribution in [1.29, 1.82) is 0 Å². The second-order valence-corrected chi connectivity index (χ2v) is 10.4. The molecular formula is C26H21BrN4O8S. The number of hydrogen-bond donors (Lipinski definition) is 1. The van der Waals surface area contributed by atoms with Crippen LogP contribution in [0.15, 0.2) is 87.4 Å². The monoisotopic (exact) mass is 628 g/mol. The number of non-ortho nitro benzene ring substituents is 1. The van der Waals surface area contributed by atoms with Crippen molar-refractivity contribution in [1.82, 2.24) is 10.4 Å². The van der Waals surface area contributed by atoms with Gasteiger partial charge in [0.1, 0.15) is 16.2 Å². The summed E-state index contributed by atoms with van der Waals surface area (Å²) in [6, 6.07) is 16.3. The number of carbonyl (C=O) groups excluding carboxylic acids is 1. The number of halogens is 1. The van der Waals surface area contributed by atoms with Gasteiger partial charge in [-0.3, -0.25) is 19.9 Å². The van der Waals surface area contributed by atoms with E-state index in [2.05, 4.69) is 31.4 Å². The number of ether oxygens (including phenoxy) is 2. The Morgan fingerprint density at radius 2 is 1.85 bits per heavy atom. The number of hydrogen-bond acceptors (Lipinski definition) is 10. The Hall–Kier alpha value is -4.56. The lowest BCUT2D eigenvalue weighted by molar-refractivity contribution is -0.384. The molecule has 4 aromatic rings. The van der Waals surface area contributed by atoms with Gasteiger partial charge in [-0.25, -0.2) is 5.43 Å². The van der Waals surface area contributed by atoms with Gasteiger partial charge < -0.3 is 13.7 Å². The summed E-state index contributed by atoms with van der Waals surface area (Å²) in [7, 11) is -4.34. The van der Waals surface area contributed by atoms with Crippen LogP contribution in [-0.4, -0.2) is 43.7 Å². The van der Waals surface area contributed by atoms with Crippen LogP contribution in [0.1, 0.15) is 12.5 Å². The summed E-state index contributed by atoms with van der Waals surface area (Å²) in [5, 5.41) is 15.7. The topological polar surface area (TPSA) is 159 Å². The smallest absolute Gasteiger partial charge is 0.339 e. The maximum atomic E-state index is 12.8. The van der Waals surface area contributed by atoms with Gasteiger partial charge in [0, 0.05) is 23.7 Å². The summed E-state index contributed by atoms with van der Waals surface area (Å²) in [6.07, 6.45) is 2.97. The van der Waals surface area contributed by atoms with E-state index < -0.39 is 20.9 Å². The van der Waals surface area contributed by atoms with Crippen molar-refractivity contribution in [2.45, 2.75) is 11.8 Å². The molecule has 1 heterocycles. The normalized spacial score (nSPS) is 11.3. The van der Waals surface area contributed by atoms with E-state index >= 15 is 0 Å². The molecule has 3 aromatic carbocycles. The zero-order valence-corrected chi connectivity index (χ0v) is 23.2. The minimum Gasteiger partial charge on any atom is -0.490 e. The Morgan fingerprint density at radius 1 is 1.10 bits per heavy atom. The van der Waals surface area contributed by atoms with Crippen molar-refractivity contribution >= 4 is 54.8 Å². The summed E-state index contributed by atoms with van der Waals surface area (Å²) >= 11 is 3.28. The third-order valence-corrected chi connectivity index (χ3v) is 7.04. The van der Waals surface area contributed by atoms with Crippen molar-refractivity contribution < 1.29 is 31.8 Å². The predicted molar refractivity (Wildman–Crippen MR) is 149 cm³/mol. The number of carbonyl (C=O) groups is 1. The van der Waals surface area contributed by atoms with E-state index in [-0.39, 0.29) is 39.8 Å².